The number of rotatable bonds is 7. The van der Waals surface area contributed by atoms with Gasteiger partial charge in [-0.25, -0.2) is 0 Å². The Morgan fingerprint density at radius 1 is 1.42 bits per heavy atom. The molecule has 1 aliphatic rings. The molecule has 1 N–H and O–H groups in total. The highest BCUT2D eigenvalue weighted by Crippen LogP contribution is 2.34. The summed E-state index contributed by atoms with van der Waals surface area (Å²) in [6.45, 7) is 6.54. The van der Waals surface area contributed by atoms with Crippen molar-refractivity contribution in [3.8, 4) is 0 Å². The van der Waals surface area contributed by atoms with Gasteiger partial charge in [0.1, 0.15) is 0 Å². The Hall–Kier alpha value is -0.730. The van der Waals surface area contributed by atoms with Crippen molar-refractivity contribution in [2.45, 2.75) is 39.2 Å². The third-order valence-corrected chi connectivity index (χ3v) is 4.12. The molecular formula is C16H25ClN2. The van der Waals surface area contributed by atoms with Crippen LogP contribution < -0.4 is 10.2 Å². The van der Waals surface area contributed by atoms with Crippen molar-refractivity contribution in [2.24, 2.45) is 5.92 Å². The molecule has 0 amide bonds. The van der Waals surface area contributed by atoms with E-state index in [2.05, 4.69) is 49.3 Å². The number of hydrogen-bond donors (Lipinski definition) is 1. The number of anilines is 1. The summed E-state index contributed by atoms with van der Waals surface area (Å²) in [6, 6.07) is 6.82. The van der Waals surface area contributed by atoms with Gasteiger partial charge in [-0.15, -0.1) is 0 Å². The summed E-state index contributed by atoms with van der Waals surface area (Å²) in [5.74, 6) is 0.880. The zero-order valence-electron chi connectivity index (χ0n) is 12.2. The van der Waals surface area contributed by atoms with E-state index < -0.39 is 0 Å². The van der Waals surface area contributed by atoms with Crippen LogP contribution in [-0.2, 0) is 0 Å². The van der Waals surface area contributed by atoms with Crippen molar-refractivity contribution in [3.63, 3.8) is 0 Å². The van der Waals surface area contributed by atoms with E-state index in [0.29, 0.717) is 6.04 Å². The number of nitrogens with zero attached hydrogens (tertiary/aromatic N) is 1. The average molecular weight is 281 g/mol. The third-order valence-electron chi connectivity index (χ3n) is 3.81. The molecule has 0 heterocycles. The molecule has 1 saturated carbocycles. The largest absolute Gasteiger partial charge is 0.373 e. The quantitative estimate of drug-likeness (QED) is 0.803. The number of nitrogens with one attached hydrogen (secondary N) is 1. The standard InChI is InChI=1S/C16H25ClN2/c1-4-9-18-12(2)14-7-8-16(15(17)10-14)19(3)11-13-5-6-13/h7-8,10,12-13,18H,4-6,9,11H2,1-3H3. The summed E-state index contributed by atoms with van der Waals surface area (Å²) in [5.41, 5.74) is 2.42. The lowest BCUT2D eigenvalue weighted by atomic mass is 10.1. The third kappa shape index (κ3) is 4.12. The van der Waals surface area contributed by atoms with E-state index in [-0.39, 0.29) is 0 Å². The van der Waals surface area contributed by atoms with Crippen LogP contribution in [0.5, 0.6) is 0 Å². The molecule has 1 aliphatic carbocycles. The molecule has 0 saturated heterocycles. The van der Waals surface area contributed by atoms with Crippen LogP contribution in [0.2, 0.25) is 5.02 Å². The Kier molecular flexibility index (Phi) is 5.12. The summed E-state index contributed by atoms with van der Waals surface area (Å²) in [4.78, 5) is 2.29. The molecule has 1 unspecified atom stereocenters. The van der Waals surface area contributed by atoms with Gasteiger partial charge in [0.25, 0.3) is 0 Å². The van der Waals surface area contributed by atoms with Gasteiger partial charge in [-0.05, 0) is 56.3 Å². The highest BCUT2D eigenvalue weighted by atomic mass is 35.5. The van der Waals surface area contributed by atoms with E-state index in [1.165, 1.54) is 18.4 Å². The Morgan fingerprint density at radius 3 is 2.74 bits per heavy atom. The summed E-state index contributed by atoms with van der Waals surface area (Å²) in [6.07, 6.45) is 3.90. The van der Waals surface area contributed by atoms with Gasteiger partial charge >= 0.3 is 0 Å². The van der Waals surface area contributed by atoms with Crippen molar-refractivity contribution in [1.82, 2.24) is 5.32 Å². The lowest BCUT2D eigenvalue weighted by Crippen LogP contribution is -2.21. The van der Waals surface area contributed by atoms with Crippen molar-refractivity contribution in [1.29, 1.82) is 0 Å². The van der Waals surface area contributed by atoms with Crippen molar-refractivity contribution >= 4 is 17.3 Å². The zero-order valence-corrected chi connectivity index (χ0v) is 13.0. The van der Waals surface area contributed by atoms with Crippen LogP contribution in [0, 0.1) is 5.92 Å². The first kappa shape index (κ1) is 14.7. The highest BCUT2D eigenvalue weighted by Gasteiger charge is 2.23. The van der Waals surface area contributed by atoms with Crippen LogP contribution in [-0.4, -0.2) is 20.1 Å². The average Bonchev–Trinajstić information content (AvgIpc) is 3.19. The van der Waals surface area contributed by atoms with Gasteiger partial charge in [-0.2, -0.15) is 0 Å². The van der Waals surface area contributed by atoms with Crippen molar-refractivity contribution in [2.75, 3.05) is 25.0 Å². The molecule has 2 rings (SSSR count). The zero-order chi connectivity index (χ0) is 13.8. The van der Waals surface area contributed by atoms with Gasteiger partial charge in [0, 0.05) is 19.6 Å². The fourth-order valence-corrected chi connectivity index (χ4v) is 2.70. The molecule has 106 valence electrons. The number of halogens is 1. The van der Waals surface area contributed by atoms with Crippen LogP contribution in [0.3, 0.4) is 0 Å². The van der Waals surface area contributed by atoms with E-state index in [1.54, 1.807) is 0 Å². The summed E-state index contributed by atoms with van der Waals surface area (Å²) >= 11 is 6.44. The Morgan fingerprint density at radius 2 is 2.16 bits per heavy atom. The Bertz CT molecular complexity index is 415. The van der Waals surface area contributed by atoms with Crippen molar-refractivity contribution < 1.29 is 0 Å². The maximum absolute atomic E-state index is 6.44. The van der Waals surface area contributed by atoms with Crippen LogP contribution in [0.25, 0.3) is 0 Å². The monoisotopic (exact) mass is 280 g/mol. The topological polar surface area (TPSA) is 15.3 Å². The molecule has 0 bridgehead atoms. The molecular weight excluding hydrogens is 256 g/mol. The first-order valence-electron chi connectivity index (χ1n) is 7.35. The van der Waals surface area contributed by atoms with E-state index >= 15 is 0 Å². The predicted molar refractivity (Wildman–Crippen MR) is 84.2 cm³/mol. The van der Waals surface area contributed by atoms with Crippen LogP contribution in [0.4, 0.5) is 5.69 Å². The van der Waals surface area contributed by atoms with Crippen LogP contribution in [0.1, 0.15) is 44.7 Å². The Balaban J connectivity index is 2.02. The first-order chi connectivity index (χ1) is 9.11. The maximum Gasteiger partial charge on any atom is 0.0642 e. The van der Waals surface area contributed by atoms with Crippen LogP contribution in [0.15, 0.2) is 18.2 Å². The summed E-state index contributed by atoms with van der Waals surface area (Å²) < 4.78 is 0. The van der Waals surface area contributed by atoms with Gasteiger partial charge in [0.05, 0.1) is 10.7 Å². The second-order valence-electron chi connectivity index (χ2n) is 5.71. The molecule has 0 radical (unpaired) electrons. The molecule has 0 aromatic heterocycles. The van der Waals surface area contributed by atoms with E-state index in [4.69, 9.17) is 11.6 Å². The maximum atomic E-state index is 6.44. The van der Waals surface area contributed by atoms with Gasteiger partial charge in [0.15, 0.2) is 0 Å². The van der Waals surface area contributed by atoms with Crippen molar-refractivity contribution in [3.05, 3.63) is 28.8 Å². The summed E-state index contributed by atoms with van der Waals surface area (Å²) in [5, 5.41) is 4.36. The van der Waals surface area contributed by atoms with Gasteiger partial charge in [0.2, 0.25) is 0 Å². The fraction of sp³-hybridized carbons (Fsp3) is 0.625. The fourth-order valence-electron chi connectivity index (χ4n) is 2.37. The van der Waals surface area contributed by atoms with E-state index in [1.807, 2.05) is 0 Å². The predicted octanol–water partition coefficient (Wildman–Crippen LogP) is 4.25. The lowest BCUT2D eigenvalue weighted by Gasteiger charge is -2.22. The summed E-state index contributed by atoms with van der Waals surface area (Å²) in [7, 11) is 2.14. The second kappa shape index (κ2) is 6.62. The molecule has 2 nitrogen and oxygen atoms in total. The molecule has 0 spiro atoms. The SMILES string of the molecule is CCCNC(C)c1ccc(N(C)CC2CC2)c(Cl)c1. The van der Waals surface area contributed by atoms with E-state index in [0.717, 1.165) is 36.1 Å². The normalized spacial score (nSPS) is 16.4. The molecule has 1 atom stereocenters. The molecule has 1 aromatic rings. The molecule has 0 aliphatic heterocycles. The molecule has 1 fully saturated rings. The molecule has 1 aromatic carbocycles. The minimum absolute atomic E-state index is 0.361. The minimum Gasteiger partial charge on any atom is -0.373 e. The highest BCUT2D eigenvalue weighted by molar-refractivity contribution is 6.33. The minimum atomic E-state index is 0.361. The smallest absolute Gasteiger partial charge is 0.0642 e. The Labute approximate surface area is 122 Å². The van der Waals surface area contributed by atoms with E-state index in [9.17, 15) is 0 Å². The van der Waals surface area contributed by atoms with Gasteiger partial charge < -0.3 is 10.2 Å². The number of benzene rings is 1. The number of hydrogen-bond acceptors (Lipinski definition) is 2. The molecule has 3 heteroatoms. The van der Waals surface area contributed by atoms with Crippen LogP contribution >= 0.6 is 11.6 Å². The molecule has 19 heavy (non-hydrogen) atoms. The van der Waals surface area contributed by atoms with Gasteiger partial charge in [-0.1, -0.05) is 24.6 Å². The second-order valence-corrected chi connectivity index (χ2v) is 6.12. The first-order valence-corrected chi connectivity index (χ1v) is 7.73. The lowest BCUT2D eigenvalue weighted by molar-refractivity contribution is 0.571. The van der Waals surface area contributed by atoms with Gasteiger partial charge in [-0.3, -0.25) is 0 Å².